The van der Waals surface area contributed by atoms with E-state index in [2.05, 4.69) is 30.1 Å². The monoisotopic (exact) mass is 294 g/mol. The number of rotatable bonds is 7. The van der Waals surface area contributed by atoms with Crippen LogP contribution in [0.2, 0.25) is 0 Å². The normalized spacial score (nSPS) is 26.2. The smallest absolute Gasteiger partial charge is 0.0893 e. The van der Waals surface area contributed by atoms with Gasteiger partial charge < -0.3 is 10.1 Å². The fourth-order valence-corrected chi connectivity index (χ4v) is 3.58. The van der Waals surface area contributed by atoms with E-state index in [4.69, 9.17) is 4.74 Å². The third-order valence-corrected chi connectivity index (χ3v) is 4.68. The number of ether oxygens (including phenoxy) is 1. The molecule has 0 aromatic heterocycles. The second kappa shape index (κ2) is 9.60. The number of hydrogen-bond donors (Lipinski definition) is 1. The standard InChI is InChI=1S/C18H34N2O/c1-3-11-19-18(16-9-7-5-6-8-10-16)17-15-20(12-4-2)13-14-21-17/h9,17-19H,3-8,10-15H2,1-2H3. The van der Waals surface area contributed by atoms with Gasteiger partial charge in [-0.2, -0.15) is 0 Å². The van der Waals surface area contributed by atoms with Crippen LogP contribution in [0, 0.1) is 0 Å². The van der Waals surface area contributed by atoms with Crippen LogP contribution in [0.5, 0.6) is 0 Å². The molecule has 2 rings (SSSR count). The highest BCUT2D eigenvalue weighted by Gasteiger charge is 2.29. The number of nitrogens with one attached hydrogen (secondary N) is 1. The Kier molecular flexibility index (Phi) is 7.76. The summed E-state index contributed by atoms with van der Waals surface area (Å²) in [6, 6.07) is 0.433. The molecule has 0 spiro atoms. The van der Waals surface area contributed by atoms with Crippen LogP contribution in [0.15, 0.2) is 11.6 Å². The average molecular weight is 294 g/mol. The molecule has 2 atom stereocenters. The van der Waals surface area contributed by atoms with Crippen molar-refractivity contribution in [3.63, 3.8) is 0 Å². The molecule has 3 nitrogen and oxygen atoms in total. The molecule has 21 heavy (non-hydrogen) atoms. The fraction of sp³-hybridized carbons (Fsp3) is 0.889. The Hall–Kier alpha value is -0.380. The molecule has 122 valence electrons. The molecule has 3 heteroatoms. The lowest BCUT2D eigenvalue weighted by Gasteiger charge is -2.38. The molecule has 2 aliphatic rings. The van der Waals surface area contributed by atoms with Gasteiger partial charge in [-0.1, -0.05) is 31.9 Å². The Bertz CT molecular complexity index is 314. The van der Waals surface area contributed by atoms with Crippen molar-refractivity contribution in [3.8, 4) is 0 Å². The molecule has 0 aromatic carbocycles. The molecule has 1 heterocycles. The second-order valence-corrected chi connectivity index (χ2v) is 6.52. The third-order valence-electron chi connectivity index (χ3n) is 4.68. The Morgan fingerprint density at radius 1 is 1.29 bits per heavy atom. The second-order valence-electron chi connectivity index (χ2n) is 6.52. The number of allylic oxidation sites excluding steroid dienone is 1. The van der Waals surface area contributed by atoms with E-state index in [1.807, 2.05) is 0 Å². The first kappa shape index (κ1) is 17.0. The van der Waals surface area contributed by atoms with Crippen LogP contribution < -0.4 is 5.32 Å². The molecule has 0 amide bonds. The van der Waals surface area contributed by atoms with Crippen LogP contribution in [0.1, 0.15) is 58.8 Å². The Balaban J connectivity index is 2.01. The Morgan fingerprint density at radius 2 is 2.19 bits per heavy atom. The Morgan fingerprint density at radius 3 is 3.00 bits per heavy atom. The summed E-state index contributed by atoms with van der Waals surface area (Å²) in [6.07, 6.45) is 11.9. The van der Waals surface area contributed by atoms with E-state index in [1.54, 1.807) is 5.57 Å². The first-order chi connectivity index (χ1) is 10.3. The highest BCUT2D eigenvalue weighted by Crippen LogP contribution is 2.24. The first-order valence-electron chi connectivity index (χ1n) is 9.11. The predicted molar refractivity (Wildman–Crippen MR) is 89.7 cm³/mol. The summed E-state index contributed by atoms with van der Waals surface area (Å²) < 4.78 is 6.16. The van der Waals surface area contributed by atoms with Crippen molar-refractivity contribution in [2.45, 2.75) is 70.9 Å². The van der Waals surface area contributed by atoms with Crippen LogP contribution in [0.4, 0.5) is 0 Å². The fourth-order valence-electron chi connectivity index (χ4n) is 3.58. The molecule has 0 radical (unpaired) electrons. The van der Waals surface area contributed by atoms with Crippen molar-refractivity contribution in [2.24, 2.45) is 0 Å². The van der Waals surface area contributed by atoms with Gasteiger partial charge in [0.05, 0.1) is 18.8 Å². The molecule has 1 saturated heterocycles. The molecular formula is C18H34N2O. The lowest BCUT2D eigenvalue weighted by molar-refractivity contribution is -0.0408. The summed E-state index contributed by atoms with van der Waals surface area (Å²) in [5.41, 5.74) is 1.62. The van der Waals surface area contributed by atoms with Crippen LogP contribution >= 0.6 is 0 Å². The minimum Gasteiger partial charge on any atom is -0.374 e. The highest BCUT2D eigenvalue weighted by molar-refractivity contribution is 5.15. The highest BCUT2D eigenvalue weighted by atomic mass is 16.5. The zero-order valence-electron chi connectivity index (χ0n) is 14.1. The van der Waals surface area contributed by atoms with E-state index in [1.165, 1.54) is 51.5 Å². The van der Waals surface area contributed by atoms with Crippen molar-refractivity contribution in [1.29, 1.82) is 0 Å². The lowest BCUT2D eigenvalue weighted by atomic mass is 9.95. The van der Waals surface area contributed by atoms with Gasteiger partial charge in [-0.15, -0.1) is 0 Å². The van der Waals surface area contributed by atoms with Crippen LogP contribution in [0.3, 0.4) is 0 Å². The maximum Gasteiger partial charge on any atom is 0.0893 e. The summed E-state index contributed by atoms with van der Waals surface area (Å²) >= 11 is 0. The number of hydrogen-bond acceptors (Lipinski definition) is 3. The van der Waals surface area contributed by atoms with E-state index < -0.39 is 0 Å². The molecule has 0 bridgehead atoms. The van der Waals surface area contributed by atoms with E-state index in [-0.39, 0.29) is 0 Å². The van der Waals surface area contributed by atoms with Gasteiger partial charge in [0.1, 0.15) is 0 Å². The van der Waals surface area contributed by atoms with Crippen LogP contribution in [-0.2, 0) is 4.74 Å². The van der Waals surface area contributed by atoms with Gasteiger partial charge in [-0.05, 0) is 51.6 Å². The molecular weight excluding hydrogens is 260 g/mol. The van der Waals surface area contributed by atoms with Crippen molar-refractivity contribution in [2.75, 3.05) is 32.8 Å². The maximum absolute atomic E-state index is 6.16. The molecule has 2 unspecified atom stereocenters. The SMILES string of the molecule is CCCNC(C1=CCCCCC1)C1CN(CCC)CCO1. The van der Waals surface area contributed by atoms with Gasteiger partial charge in [0.2, 0.25) is 0 Å². The van der Waals surface area contributed by atoms with E-state index in [9.17, 15) is 0 Å². The van der Waals surface area contributed by atoms with Gasteiger partial charge in [0.25, 0.3) is 0 Å². The molecule has 1 fully saturated rings. The van der Waals surface area contributed by atoms with E-state index >= 15 is 0 Å². The summed E-state index contributed by atoms with van der Waals surface area (Å²) in [4.78, 5) is 2.58. The van der Waals surface area contributed by atoms with Crippen molar-refractivity contribution >= 4 is 0 Å². The van der Waals surface area contributed by atoms with Crippen LogP contribution in [0.25, 0.3) is 0 Å². The predicted octanol–water partition coefficient (Wildman–Crippen LogP) is 3.36. The lowest BCUT2D eigenvalue weighted by Crippen LogP contribution is -2.53. The molecule has 0 aromatic rings. The summed E-state index contributed by atoms with van der Waals surface area (Å²) in [7, 11) is 0. The minimum atomic E-state index is 0.334. The minimum absolute atomic E-state index is 0.334. The summed E-state index contributed by atoms with van der Waals surface area (Å²) in [6.45, 7) is 9.90. The number of morpholine rings is 1. The van der Waals surface area contributed by atoms with Gasteiger partial charge in [0, 0.05) is 13.1 Å². The Labute approximate surface area is 131 Å². The van der Waals surface area contributed by atoms with Crippen LogP contribution in [-0.4, -0.2) is 49.8 Å². The molecule has 1 N–H and O–H groups in total. The van der Waals surface area contributed by atoms with Crippen molar-refractivity contribution < 1.29 is 4.74 Å². The van der Waals surface area contributed by atoms with E-state index in [0.717, 1.165) is 26.2 Å². The summed E-state index contributed by atoms with van der Waals surface area (Å²) in [5, 5.41) is 3.78. The van der Waals surface area contributed by atoms with Gasteiger partial charge in [0.15, 0.2) is 0 Å². The van der Waals surface area contributed by atoms with Gasteiger partial charge in [-0.3, -0.25) is 4.90 Å². The summed E-state index contributed by atoms with van der Waals surface area (Å²) in [5.74, 6) is 0. The van der Waals surface area contributed by atoms with E-state index in [0.29, 0.717) is 12.1 Å². The van der Waals surface area contributed by atoms with Gasteiger partial charge >= 0.3 is 0 Å². The largest absolute Gasteiger partial charge is 0.374 e. The molecule has 1 aliphatic carbocycles. The van der Waals surface area contributed by atoms with Crippen molar-refractivity contribution in [3.05, 3.63) is 11.6 Å². The molecule has 1 aliphatic heterocycles. The zero-order chi connectivity index (χ0) is 14.9. The zero-order valence-corrected chi connectivity index (χ0v) is 14.1. The quantitative estimate of drug-likeness (QED) is 0.729. The first-order valence-corrected chi connectivity index (χ1v) is 9.11. The van der Waals surface area contributed by atoms with Crippen molar-refractivity contribution in [1.82, 2.24) is 10.2 Å². The topological polar surface area (TPSA) is 24.5 Å². The number of nitrogens with zero attached hydrogens (tertiary/aromatic N) is 1. The maximum atomic E-state index is 6.16. The third kappa shape index (κ3) is 5.39. The van der Waals surface area contributed by atoms with Gasteiger partial charge in [-0.25, -0.2) is 0 Å². The average Bonchev–Trinajstić information content (AvgIpc) is 2.78. The molecule has 0 saturated carbocycles.